The number of hydrogen-bond donors (Lipinski definition) is 3. The molecule has 1 aliphatic rings. The zero-order chi connectivity index (χ0) is 22.8. The Balaban J connectivity index is 1.90. The first-order valence-corrected chi connectivity index (χ1v) is 10.2. The first-order chi connectivity index (χ1) is 15.3. The van der Waals surface area contributed by atoms with E-state index in [9.17, 15) is 24.9 Å². The SMILES string of the molecule is O=C(O)CN1C(=O)C(Cc2ccc(O)cc2)N=C(c2cccc(O)c2)c2ccc(Cl)cc21. The number of phenols is 2. The molecule has 0 aliphatic carbocycles. The maximum atomic E-state index is 13.5. The Kier molecular flexibility index (Phi) is 5.83. The van der Waals surface area contributed by atoms with E-state index in [4.69, 9.17) is 16.6 Å². The van der Waals surface area contributed by atoms with E-state index < -0.39 is 24.5 Å². The normalized spacial score (nSPS) is 15.7. The number of aromatic hydroxyl groups is 2. The molecule has 0 saturated heterocycles. The van der Waals surface area contributed by atoms with E-state index in [0.717, 1.165) is 5.56 Å². The molecule has 32 heavy (non-hydrogen) atoms. The number of rotatable bonds is 5. The molecule has 4 rings (SSSR count). The molecular weight excluding hydrogens is 432 g/mol. The second-order valence-electron chi connectivity index (χ2n) is 7.39. The third-order valence-corrected chi connectivity index (χ3v) is 5.36. The number of nitrogens with zero attached hydrogens (tertiary/aromatic N) is 2. The molecule has 1 unspecified atom stereocenters. The summed E-state index contributed by atoms with van der Waals surface area (Å²) in [6.45, 7) is -0.554. The van der Waals surface area contributed by atoms with E-state index in [2.05, 4.69) is 0 Å². The van der Waals surface area contributed by atoms with Gasteiger partial charge in [-0.2, -0.15) is 0 Å². The van der Waals surface area contributed by atoms with Gasteiger partial charge in [0.25, 0.3) is 5.91 Å². The number of carboxylic acids is 1. The minimum Gasteiger partial charge on any atom is -0.508 e. The number of benzodiazepines with no additional fused rings is 1. The van der Waals surface area contributed by atoms with E-state index in [1.165, 1.54) is 29.2 Å². The van der Waals surface area contributed by atoms with Crippen LogP contribution in [0.4, 0.5) is 5.69 Å². The van der Waals surface area contributed by atoms with Crippen molar-refractivity contribution in [3.8, 4) is 11.5 Å². The van der Waals surface area contributed by atoms with Gasteiger partial charge in [-0.05, 0) is 48.0 Å². The van der Waals surface area contributed by atoms with Crippen molar-refractivity contribution in [2.45, 2.75) is 12.5 Å². The second-order valence-corrected chi connectivity index (χ2v) is 7.83. The fraction of sp³-hybridized carbons (Fsp3) is 0.125. The highest BCUT2D eigenvalue weighted by atomic mass is 35.5. The minimum absolute atomic E-state index is 0.0359. The molecule has 0 fully saturated rings. The van der Waals surface area contributed by atoms with Crippen molar-refractivity contribution in [2.75, 3.05) is 11.4 Å². The van der Waals surface area contributed by atoms with Gasteiger partial charge in [0.15, 0.2) is 0 Å². The van der Waals surface area contributed by atoms with Crippen LogP contribution < -0.4 is 4.90 Å². The van der Waals surface area contributed by atoms with Crippen molar-refractivity contribution in [3.05, 3.63) is 88.4 Å². The molecule has 1 amide bonds. The van der Waals surface area contributed by atoms with E-state index in [0.29, 0.717) is 27.5 Å². The van der Waals surface area contributed by atoms with E-state index in [1.807, 2.05) is 0 Å². The highest BCUT2D eigenvalue weighted by molar-refractivity contribution is 6.31. The van der Waals surface area contributed by atoms with Gasteiger partial charge in [-0.1, -0.05) is 35.9 Å². The predicted octanol–water partition coefficient (Wildman–Crippen LogP) is 3.63. The van der Waals surface area contributed by atoms with Crippen LogP contribution in [0.1, 0.15) is 16.7 Å². The molecule has 7 nitrogen and oxygen atoms in total. The number of amides is 1. The van der Waals surface area contributed by atoms with Crippen molar-refractivity contribution < 1.29 is 24.9 Å². The second kappa shape index (κ2) is 8.72. The van der Waals surface area contributed by atoms with Gasteiger partial charge >= 0.3 is 5.97 Å². The number of carboxylic acid groups (broad SMARTS) is 1. The van der Waals surface area contributed by atoms with Crippen LogP contribution in [-0.4, -0.2) is 45.5 Å². The number of anilines is 1. The Bertz CT molecular complexity index is 1220. The molecule has 8 heteroatoms. The number of fused-ring (bicyclic) bond motifs is 1. The minimum atomic E-state index is -1.17. The summed E-state index contributed by atoms with van der Waals surface area (Å²) in [5.41, 5.74) is 2.63. The largest absolute Gasteiger partial charge is 0.508 e. The van der Waals surface area contributed by atoms with E-state index in [1.54, 1.807) is 42.5 Å². The molecule has 1 aliphatic heterocycles. The lowest BCUT2D eigenvalue weighted by Gasteiger charge is -2.23. The van der Waals surface area contributed by atoms with Crippen LogP contribution in [0.3, 0.4) is 0 Å². The Morgan fingerprint density at radius 1 is 1.00 bits per heavy atom. The fourth-order valence-corrected chi connectivity index (χ4v) is 3.84. The molecule has 0 bridgehead atoms. The highest BCUT2D eigenvalue weighted by Gasteiger charge is 2.33. The number of carbonyl (C=O) groups excluding carboxylic acids is 1. The summed E-state index contributed by atoms with van der Waals surface area (Å²) in [6.07, 6.45) is 0.194. The van der Waals surface area contributed by atoms with E-state index in [-0.39, 0.29) is 17.9 Å². The zero-order valence-corrected chi connectivity index (χ0v) is 17.5. The number of phenolic OH excluding ortho intramolecular Hbond substituents is 2. The smallest absolute Gasteiger partial charge is 0.323 e. The van der Waals surface area contributed by atoms with Gasteiger partial charge in [0, 0.05) is 22.6 Å². The molecule has 3 N–H and O–H groups in total. The summed E-state index contributed by atoms with van der Waals surface area (Å²) < 4.78 is 0. The van der Waals surface area contributed by atoms with Gasteiger partial charge in [0.2, 0.25) is 0 Å². The van der Waals surface area contributed by atoms with Crippen LogP contribution in [0.15, 0.2) is 71.7 Å². The molecule has 0 saturated carbocycles. The first kappa shape index (κ1) is 21.4. The van der Waals surface area contributed by atoms with Crippen LogP contribution in [0.5, 0.6) is 11.5 Å². The van der Waals surface area contributed by atoms with Crippen LogP contribution in [0.25, 0.3) is 0 Å². The number of hydrogen-bond acceptors (Lipinski definition) is 5. The molecule has 1 atom stereocenters. The van der Waals surface area contributed by atoms with E-state index >= 15 is 0 Å². The third kappa shape index (κ3) is 4.43. The molecular formula is C24H19ClN2O5. The Morgan fingerprint density at radius 2 is 1.75 bits per heavy atom. The number of benzene rings is 3. The van der Waals surface area contributed by atoms with Gasteiger partial charge in [0.1, 0.15) is 24.1 Å². The van der Waals surface area contributed by atoms with Crippen molar-refractivity contribution in [3.63, 3.8) is 0 Å². The van der Waals surface area contributed by atoms with Gasteiger partial charge in [0.05, 0.1) is 11.4 Å². The summed E-state index contributed by atoms with van der Waals surface area (Å²) in [7, 11) is 0. The third-order valence-electron chi connectivity index (χ3n) is 5.12. The van der Waals surface area contributed by atoms with Gasteiger partial charge in [-0.25, -0.2) is 0 Å². The van der Waals surface area contributed by atoms with Crippen molar-refractivity contribution in [1.29, 1.82) is 0 Å². The maximum Gasteiger partial charge on any atom is 0.323 e. The van der Waals surface area contributed by atoms with Gasteiger partial charge < -0.3 is 15.3 Å². The molecule has 3 aromatic carbocycles. The van der Waals surface area contributed by atoms with Gasteiger partial charge in [-0.15, -0.1) is 0 Å². The highest BCUT2D eigenvalue weighted by Crippen LogP contribution is 2.32. The average Bonchev–Trinajstić information content (AvgIpc) is 2.85. The summed E-state index contributed by atoms with van der Waals surface area (Å²) in [5.74, 6) is -1.53. The van der Waals surface area contributed by atoms with Crippen LogP contribution in [0.2, 0.25) is 5.02 Å². The first-order valence-electron chi connectivity index (χ1n) is 9.80. The number of halogens is 1. The number of carbonyl (C=O) groups is 2. The van der Waals surface area contributed by atoms with Crippen LogP contribution in [-0.2, 0) is 16.0 Å². The Morgan fingerprint density at radius 3 is 2.44 bits per heavy atom. The standard InChI is InChI=1S/C24H19ClN2O5/c25-16-6-9-19-21(12-16)27(13-22(30)31)24(32)20(10-14-4-7-17(28)8-5-14)26-23(19)15-2-1-3-18(29)11-15/h1-9,11-12,20,28-29H,10,13H2,(H,30,31). The summed E-state index contributed by atoms with van der Waals surface area (Å²) in [5, 5.41) is 29.4. The zero-order valence-electron chi connectivity index (χ0n) is 16.8. The number of aliphatic imine (C=N–C) groups is 1. The molecule has 162 valence electrons. The van der Waals surface area contributed by atoms with Crippen molar-refractivity contribution in [1.82, 2.24) is 0 Å². The van der Waals surface area contributed by atoms with Gasteiger partial charge in [-0.3, -0.25) is 19.5 Å². The molecule has 0 spiro atoms. The summed E-state index contributed by atoms with van der Waals surface area (Å²) >= 11 is 6.19. The molecule has 1 heterocycles. The summed E-state index contributed by atoms with van der Waals surface area (Å²) in [6, 6.07) is 16.8. The Hall–Kier alpha value is -3.84. The Labute approximate surface area is 188 Å². The predicted molar refractivity (Wildman–Crippen MR) is 121 cm³/mol. The summed E-state index contributed by atoms with van der Waals surface area (Å²) in [4.78, 5) is 31.0. The molecule has 0 aromatic heterocycles. The van der Waals surface area contributed by atoms with Crippen molar-refractivity contribution >= 4 is 34.9 Å². The van der Waals surface area contributed by atoms with Crippen LogP contribution in [0, 0.1) is 0 Å². The van der Waals surface area contributed by atoms with Crippen molar-refractivity contribution in [2.24, 2.45) is 4.99 Å². The quantitative estimate of drug-likeness (QED) is 0.549. The average molecular weight is 451 g/mol. The lowest BCUT2D eigenvalue weighted by molar-refractivity contribution is -0.136. The molecule has 0 radical (unpaired) electrons. The monoisotopic (exact) mass is 450 g/mol. The topological polar surface area (TPSA) is 110 Å². The lowest BCUT2D eigenvalue weighted by Crippen LogP contribution is -2.42. The lowest BCUT2D eigenvalue weighted by atomic mass is 10.00. The maximum absolute atomic E-state index is 13.5. The van der Waals surface area contributed by atoms with Crippen LogP contribution >= 0.6 is 11.6 Å². The molecule has 3 aromatic rings. The number of aliphatic carboxylic acids is 1. The fourth-order valence-electron chi connectivity index (χ4n) is 3.68.